The zero-order chi connectivity index (χ0) is 22.0. The summed E-state index contributed by atoms with van der Waals surface area (Å²) in [5.41, 5.74) is 0.476. The van der Waals surface area contributed by atoms with Crippen molar-refractivity contribution in [2.75, 3.05) is 18.4 Å². The summed E-state index contributed by atoms with van der Waals surface area (Å²) in [5.74, 6) is 0.268. The Balaban J connectivity index is 2.03. The molecule has 2 N–H and O–H groups in total. The van der Waals surface area contributed by atoms with Crippen LogP contribution in [-0.4, -0.2) is 57.6 Å². The minimum atomic E-state index is -0.641. The lowest BCUT2D eigenvalue weighted by molar-refractivity contribution is 0.0269. The number of ether oxygens (including phenoxy) is 2. The number of anilines is 1. The van der Waals surface area contributed by atoms with E-state index in [1.165, 1.54) is 4.90 Å². The summed E-state index contributed by atoms with van der Waals surface area (Å²) in [5, 5.41) is 13.1. The summed E-state index contributed by atoms with van der Waals surface area (Å²) >= 11 is 0. The number of nitrogens with one attached hydrogen (secondary N) is 1. The van der Waals surface area contributed by atoms with Crippen LogP contribution in [0.25, 0.3) is 0 Å². The van der Waals surface area contributed by atoms with E-state index in [0.717, 1.165) is 11.3 Å². The quantitative estimate of drug-likeness (QED) is 0.795. The van der Waals surface area contributed by atoms with Crippen LogP contribution in [0.2, 0.25) is 0 Å². The molecule has 0 radical (unpaired) electrons. The van der Waals surface area contributed by atoms with Gasteiger partial charge in [0.2, 0.25) is 0 Å². The van der Waals surface area contributed by atoms with Gasteiger partial charge >= 0.3 is 12.2 Å². The summed E-state index contributed by atoms with van der Waals surface area (Å²) in [7, 11) is 0. The van der Waals surface area contributed by atoms with Crippen molar-refractivity contribution >= 4 is 18.0 Å². The van der Waals surface area contributed by atoms with Gasteiger partial charge in [-0.3, -0.25) is 5.32 Å². The van der Waals surface area contributed by atoms with Gasteiger partial charge in [-0.2, -0.15) is 0 Å². The second kappa shape index (κ2) is 8.57. The molecule has 1 aliphatic heterocycles. The number of nitrogens with zero attached hydrogens (tertiary/aromatic N) is 2. The van der Waals surface area contributed by atoms with Gasteiger partial charge in [-0.05, 0) is 72.6 Å². The minimum absolute atomic E-state index is 0.126. The Hall–Kier alpha value is -2.35. The number of carbonyl (C=O) groups is 2. The van der Waals surface area contributed by atoms with Crippen LogP contribution in [0, 0.1) is 12.8 Å². The predicted molar refractivity (Wildman–Crippen MR) is 110 cm³/mol. The molecule has 2 amide bonds. The topological polar surface area (TPSA) is 101 Å². The van der Waals surface area contributed by atoms with Crippen LogP contribution < -0.4 is 5.32 Å². The molecule has 2 rings (SSSR count). The fraction of sp³-hybridized carbons (Fsp3) is 0.667. The molecule has 0 unspecified atom stereocenters. The van der Waals surface area contributed by atoms with E-state index in [-0.39, 0.29) is 12.5 Å². The number of aromatic nitrogens is 1. The SMILES string of the molecule is Cc1cc(C[C@H]2CN(C(=O)OC(C)(C)C)C[C@@H]2O)cc(NC(=O)OC(C)(C)C)n1. The molecule has 8 heteroatoms. The first kappa shape index (κ1) is 22.9. The maximum Gasteiger partial charge on any atom is 0.413 e. The van der Waals surface area contributed by atoms with Crippen molar-refractivity contribution in [3.8, 4) is 0 Å². The predicted octanol–water partition coefficient (Wildman–Crippen LogP) is 3.51. The van der Waals surface area contributed by atoms with Crippen LogP contribution in [0.3, 0.4) is 0 Å². The number of amides is 2. The maximum absolute atomic E-state index is 12.3. The van der Waals surface area contributed by atoms with Crippen LogP contribution in [0.4, 0.5) is 15.4 Å². The van der Waals surface area contributed by atoms with Crippen molar-refractivity contribution in [3.05, 3.63) is 23.4 Å². The molecule has 0 aromatic carbocycles. The van der Waals surface area contributed by atoms with Gasteiger partial charge in [0.15, 0.2) is 0 Å². The number of aliphatic hydroxyl groups excluding tert-OH is 1. The molecule has 2 atom stereocenters. The summed E-state index contributed by atoms with van der Waals surface area (Å²) in [6, 6.07) is 3.67. The summed E-state index contributed by atoms with van der Waals surface area (Å²) in [4.78, 5) is 30.1. The first-order valence-corrected chi connectivity index (χ1v) is 9.85. The third kappa shape index (κ3) is 7.53. The highest BCUT2D eigenvalue weighted by atomic mass is 16.6. The van der Waals surface area contributed by atoms with Crippen molar-refractivity contribution in [3.63, 3.8) is 0 Å². The fourth-order valence-corrected chi connectivity index (χ4v) is 3.16. The lowest BCUT2D eigenvalue weighted by atomic mass is 9.97. The van der Waals surface area contributed by atoms with E-state index in [9.17, 15) is 14.7 Å². The molecule has 2 heterocycles. The molecule has 1 fully saturated rings. The van der Waals surface area contributed by atoms with Crippen molar-refractivity contribution in [1.82, 2.24) is 9.88 Å². The van der Waals surface area contributed by atoms with Gasteiger partial charge in [0.1, 0.15) is 17.0 Å². The normalized spacial score (nSPS) is 19.8. The van der Waals surface area contributed by atoms with Gasteiger partial charge in [0, 0.05) is 18.2 Å². The Morgan fingerprint density at radius 2 is 1.76 bits per heavy atom. The number of rotatable bonds is 3. The molecule has 0 aliphatic carbocycles. The van der Waals surface area contributed by atoms with Crippen LogP contribution in [0.1, 0.15) is 52.8 Å². The zero-order valence-electron chi connectivity index (χ0n) is 18.4. The smallest absolute Gasteiger partial charge is 0.413 e. The summed E-state index contributed by atoms with van der Waals surface area (Å²) in [6.07, 6.45) is -1.08. The largest absolute Gasteiger partial charge is 0.444 e. The fourth-order valence-electron chi connectivity index (χ4n) is 3.16. The van der Waals surface area contributed by atoms with Gasteiger partial charge in [-0.25, -0.2) is 14.6 Å². The van der Waals surface area contributed by atoms with Crippen LogP contribution in [0.15, 0.2) is 12.1 Å². The third-order valence-electron chi connectivity index (χ3n) is 4.20. The highest BCUT2D eigenvalue weighted by molar-refractivity contribution is 5.83. The Bertz CT molecular complexity index is 752. The molecular weight excluding hydrogens is 374 g/mol. The molecule has 1 aliphatic rings. The number of pyridine rings is 1. The number of hydrogen-bond acceptors (Lipinski definition) is 6. The van der Waals surface area contributed by atoms with Crippen LogP contribution in [0.5, 0.6) is 0 Å². The Morgan fingerprint density at radius 1 is 1.14 bits per heavy atom. The molecule has 0 spiro atoms. The Morgan fingerprint density at radius 3 is 2.34 bits per heavy atom. The number of aliphatic hydroxyl groups is 1. The van der Waals surface area contributed by atoms with Gasteiger partial charge in [-0.15, -0.1) is 0 Å². The van der Waals surface area contributed by atoms with Gasteiger partial charge in [0.05, 0.1) is 12.6 Å². The van der Waals surface area contributed by atoms with Crippen molar-refractivity contribution < 1.29 is 24.2 Å². The van der Waals surface area contributed by atoms with E-state index in [4.69, 9.17) is 9.47 Å². The van der Waals surface area contributed by atoms with E-state index >= 15 is 0 Å². The number of likely N-dealkylation sites (tertiary alicyclic amines) is 1. The number of carbonyl (C=O) groups excluding carboxylic acids is 2. The second-order valence-electron chi connectivity index (χ2n) is 9.55. The van der Waals surface area contributed by atoms with Crippen molar-refractivity contribution in [1.29, 1.82) is 0 Å². The Kier molecular flexibility index (Phi) is 6.78. The second-order valence-corrected chi connectivity index (χ2v) is 9.55. The standard InChI is InChI=1S/C21H33N3O5/c1-13-8-14(10-17(22-13)23-18(26)28-20(2,3)4)9-15-11-24(12-16(15)25)19(27)29-21(5,6)7/h8,10,15-16,25H,9,11-12H2,1-7H3,(H,22,23,26)/t15-,16-/m0/s1. The number of hydrogen-bond donors (Lipinski definition) is 2. The van der Waals surface area contributed by atoms with Crippen LogP contribution >= 0.6 is 0 Å². The Labute approximate surface area is 172 Å². The molecule has 0 bridgehead atoms. The monoisotopic (exact) mass is 407 g/mol. The molecule has 1 aromatic rings. The minimum Gasteiger partial charge on any atom is -0.444 e. The average molecular weight is 408 g/mol. The first-order chi connectivity index (χ1) is 13.2. The van der Waals surface area contributed by atoms with Gasteiger partial charge in [-0.1, -0.05) is 0 Å². The van der Waals surface area contributed by atoms with Gasteiger partial charge < -0.3 is 19.5 Å². The van der Waals surface area contributed by atoms with E-state index in [1.54, 1.807) is 26.8 Å². The molecule has 0 saturated carbocycles. The molecular formula is C21H33N3O5. The van der Waals surface area contributed by atoms with Crippen molar-refractivity contribution in [2.45, 2.75) is 72.2 Å². The molecule has 1 aromatic heterocycles. The van der Waals surface area contributed by atoms with Crippen molar-refractivity contribution in [2.24, 2.45) is 5.92 Å². The molecule has 8 nitrogen and oxygen atoms in total. The molecule has 162 valence electrons. The first-order valence-electron chi connectivity index (χ1n) is 9.85. The number of β-amino-alcohol motifs (C(OH)–C–C–N with tert-alkyl or cyclic N) is 1. The van der Waals surface area contributed by atoms with E-state index < -0.39 is 29.5 Å². The lowest BCUT2D eigenvalue weighted by Crippen LogP contribution is -2.35. The summed E-state index contributed by atoms with van der Waals surface area (Å²) in [6.45, 7) is 13.3. The third-order valence-corrected chi connectivity index (χ3v) is 4.20. The maximum atomic E-state index is 12.3. The van der Waals surface area contributed by atoms with Gasteiger partial charge in [0.25, 0.3) is 0 Å². The van der Waals surface area contributed by atoms with E-state index in [2.05, 4.69) is 10.3 Å². The lowest BCUT2D eigenvalue weighted by Gasteiger charge is -2.24. The molecule has 1 saturated heterocycles. The van der Waals surface area contributed by atoms with Crippen LogP contribution in [-0.2, 0) is 15.9 Å². The average Bonchev–Trinajstić information content (AvgIpc) is 2.84. The van der Waals surface area contributed by atoms with E-state index in [1.807, 2.05) is 33.8 Å². The summed E-state index contributed by atoms with van der Waals surface area (Å²) < 4.78 is 10.7. The molecule has 29 heavy (non-hydrogen) atoms. The number of aryl methyl sites for hydroxylation is 1. The highest BCUT2D eigenvalue weighted by Crippen LogP contribution is 2.25. The highest BCUT2D eigenvalue weighted by Gasteiger charge is 2.36. The zero-order valence-corrected chi connectivity index (χ0v) is 18.4. The van der Waals surface area contributed by atoms with E-state index in [0.29, 0.717) is 18.8 Å².